The normalized spacial score (nSPS) is 10.1. The predicted octanol–water partition coefficient (Wildman–Crippen LogP) is 3.24. The fourth-order valence-electron chi connectivity index (χ4n) is 2.46. The van der Waals surface area contributed by atoms with E-state index in [1.807, 2.05) is 0 Å². The van der Waals surface area contributed by atoms with Gasteiger partial charge in [-0.2, -0.15) is 0 Å². The van der Waals surface area contributed by atoms with Gasteiger partial charge in [-0.25, -0.2) is 4.79 Å². The van der Waals surface area contributed by atoms with Crippen molar-refractivity contribution in [3.63, 3.8) is 0 Å². The summed E-state index contributed by atoms with van der Waals surface area (Å²) in [5.74, 6) is -2.00. The predicted molar refractivity (Wildman–Crippen MR) is 105 cm³/mol. The maximum absolute atomic E-state index is 12.4. The summed E-state index contributed by atoms with van der Waals surface area (Å²) in [5, 5.41) is 15.7. The number of para-hydroxylation sites is 1. The molecule has 1 heterocycles. The highest BCUT2D eigenvalue weighted by Crippen LogP contribution is 2.19. The van der Waals surface area contributed by atoms with Crippen LogP contribution in [0.2, 0.25) is 0 Å². The number of hydrogen-bond donors (Lipinski definition) is 2. The van der Waals surface area contributed by atoms with Crippen molar-refractivity contribution in [2.75, 3.05) is 17.2 Å². The van der Waals surface area contributed by atoms with Crippen LogP contribution in [0.5, 0.6) is 0 Å². The maximum atomic E-state index is 12.4. The second-order valence-electron chi connectivity index (χ2n) is 5.91. The molecular weight excluding hydrogens is 394 g/mol. The molecule has 0 bridgehead atoms. The molecular formula is C20H15N3O7. The van der Waals surface area contributed by atoms with Crippen molar-refractivity contribution in [3.05, 3.63) is 88.4 Å². The molecule has 152 valence electrons. The molecule has 0 atom stereocenters. The largest absolute Gasteiger partial charge is 0.459 e. The summed E-state index contributed by atoms with van der Waals surface area (Å²) in [4.78, 5) is 46.7. The van der Waals surface area contributed by atoms with Gasteiger partial charge < -0.3 is 19.8 Å². The van der Waals surface area contributed by atoms with Gasteiger partial charge in [-0.05, 0) is 30.3 Å². The van der Waals surface area contributed by atoms with Crippen LogP contribution >= 0.6 is 0 Å². The van der Waals surface area contributed by atoms with Gasteiger partial charge in [-0.1, -0.05) is 18.2 Å². The van der Waals surface area contributed by atoms with Crippen molar-refractivity contribution in [2.45, 2.75) is 0 Å². The lowest BCUT2D eigenvalue weighted by atomic mass is 10.1. The minimum absolute atomic E-state index is 0.0422. The molecule has 30 heavy (non-hydrogen) atoms. The Bertz CT molecular complexity index is 1090. The summed E-state index contributed by atoms with van der Waals surface area (Å²) in [6.07, 6.45) is 1.34. The molecule has 0 fully saturated rings. The van der Waals surface area contributed by atoms with E-state index in [0.717, 1.165) is 0 Å². The zero-order chi connectivity index (χ0) is 21.5. The van der Waals surface area contributed by atoms with Crippen molar-refractivity contribution in [1.29, 1.82) is 0 Å². The standard InChI is InChI=1S/C20H15N3O7/c24-18(21-13-5-3-6-14(11-13)23(27)28)12-30-20(26)15-7-1-2-8-16(15)22-19(25)17-9-4-10-29-17/h1-11H,12H2,(H,21,24)(H,22,25). The second-order valence-corrected chi connectivity index (χ2v) is 5.91. The molecule has 0 saturated carbocycles. The Balaban J connectivity index is 1.61. The zero-order valence-corrected chi connectivity index (χ0v) is 15.4. The summed E-state index contributed by atoms with van der Waals surface area (Å²) in [6.45, 7) is -0.623. The zero-order valence-electron chi connectivity index (χ0n) is 15.4. The lowest BCUT2D eigenvalue weighted by Crippen LogP contribution is -2.22. The van der Waals surface area contributed by atoms with E-state index >= 15 is 0 Å². The number of esters is 1. The Hall–Kier alpha value is -4.47. The van der Waals surface area contributed by atoms with E-state index in [9.17, 15) is 24.5 Å². The highest BCUT2D eigenvalue weighted by Gasteiger charge is 2.18. The van der Waals surface area contributed by atoms with E-state index in [0.29, 0.717) is 0 Å². The van der Waals surface area contributed by atoms with E-state index in [2.05, 4.69) is 10.6 Å². The second kappa shape index (κ2) is 9.15. The van der Waals surface area contributed by atoms with Gasteiger partial charge in [0, 0.05) is 17.8 Å². The van der Waals surface area contributed by atoms with E-state index in [4.69, 9.17) is 9.15 Å². The lowest BCUT2D eigenvalue weighted by molar-refractivity contribution is -0.384. The van der Waals surface area contributed by atoms with Crippen LogP contribution in [-0.2, 0) is 9.53 Å². The number of nitro benzene ring substituents is 1. The summed E-state index contributed by atoms with van der Waals surface area (Å²) in [5.41, 5.74) is 0.228. The average molecular weight is 409 g/mol. The van der Waals surface area contributed by atoms with E-state index in [1.54, 1.807) is 18.2 Å². The Morgan fingerprint density at radius 3 is 2.53 bits per heavy atom. The number of nitrogens with one attached hydrogen (secondary N) is 2. The highest BCUT2D eigenvalue weighted by atomic mass is 16.6. The first-order valence-corrected chi connectivity index (χ1v) is 8.59. The third-order valence-electron chi connectivity index (χ3n) is 3.82. The van der Waals surface area contributed by atoms with Crippen molar-refractivity contribution in [3.8, 4) is 0 Å². The van der Waals surface area contributed by atoms with Crippen LogP contribution in [-0.4, -0.2) is 29.3 Å². The molecule has 0 aliphatic carbocycles. The van der Waals surface area contributed by atoms with Gasteiger partial charge in [0.05, 0.1) is 22.4 Å². The first-order valence-electron chi connectivity index (χ1n) is 8.59. The molecule has 0 radical (unpaired) electrons. The van der Waals surface area contributed by atoms with Gasteiger partial charge in [0.25, 0.3) is 17.5 Å². The first kappa shape index (κ1) is 20.3. The SMILES string of the molecule is O=C(COC(=O)c1ccccc1NC(=O)c1ccco1)Nc1cccc([N+](=O)[O-])c1. The summed E-state index contributed by atoms with van der Waals surface area (Å²) >= 11 is 0. The summed E-state index contributed by atoms with van der Waals surface area (Å²) in [7, 11) is 0. The number of carbonyl (C=O) groups excluding carboxylic acids is 3. The number of hydrogen-bond acceptors (Lipinski definition) is 7. The Morgan fingerprint density at radius 2 is 1.80 bits per heavy atom. The van der Waals surface area contributed by atoms with Crippen LogP contribution in [0.3, 0.4) is 0 Å². The molecule has 1 aromatic heterocycles. The number of non-ortho nitro benzene ring substituents is 1. The quantitative estimate of drug-likeness (QED) is 0.347. The minimum Gasteiger partial charge on any atom is -0.459 e. The van der Waals surface area contributed by atoms with E-state index in [1.165, 1.54) is 48.7 Å². The summed E-state index contributed by atoms with van der Waals surface area (Å²) < 4.78 is 10.00. The number of amides is 2. The van der Waals surface area contributed by atoms with Crippen LogP contribution in [0.1, 0.15) is 20.9 Å². The monoisotopic (exact) mass is 409 g/mol. The molecule has 0 unspecified atom stereocenters. The van der Waals surface area contributed by atoms with Crippen LogP contribution < -0.4 is 10.6 Å². The van der Waals surface area contributed by atoms with Gasteiger partial charge in [0.1, 0.15) is 0 Å². The number of furan rings is 1. The van der Waals surface area contributed by atoms with Crippen molar-refractivity contribution < 1.29 is 28.5 Å². The smallest absolute Gasteiger partial charge is 0.340 e. The third kappa shape index (κ3) is 5.07. The van der Waals surface area contributed by atoms with Crippen LogP contribution in [0.15, 0.2) is 71.3 Å². The number of carbonyl (C=O) groups is 3. The Kier molecular flexibility index (Phi) is 6.18. The molecule has 2 N–H and O–H groups in total. The fraction of sp³-hybridized carbons (Fsp3) is 0.0500. The van der Waals surface area contributed by atoms with Gasteiger partial charge in [-0.15, -0.1) is 0 Å². The molecule has 3 rings (SSSR count). The molecule has 0 aliphatic heterocycles. The van der Waals surface area contributed by atoms with Crippen LogP contribution in [0.4, 0.5) is 17.1 Å². The number of benzene rings is 2. The maximum Gasteiger partial charge on any atom is 0.340 e. The number of anilines is 2. The average Bonchev–Trinajstić information content (AvgIpc) is 3.28. The number of nitro groups is 1. The number of rotatable bonds is 7. The van der Waals surface area contributed by atoms with E-state index < -0.39 is 29.3 Å². The third-order valence-corrected chi connectivity index (χ3v) is 3.82. The van der Waals surface area contributed by atoms with Gasteiger partial charge >= 0.3 is 5.97 Å². The Morgan fingerprint density at radius 1 is 1.00 bits per heavy atom. The van der Waals surface area contributed by atoms with Crippen LogP contribution in [0, 0.1) is 10.1 Å². The number of ether oxygens (including phenoxy) is 1. The summed E-state index contributed by atoms with van der Waals surface area (Å²) in [6, 6.07) is 14.5. The molecule has 10 nitrogen and oxygen atoms in total. The molecule has 0 saturated heterocycles. The molecule has 0 aliphatic rings. The van der Waals surface area contributed by atoms with Gasteiger partial charge in [0.15, 0.2) is 12.4 Å². The number of nitrogens with zero attached hydrogens (tertiary/aromatic N) is 1. The molecule has 10 heteroatoms. The molecule has 2 aromatic carbocycles. The topological polar surface area (TPSA) is 141 Å². The molecule has 2 amide bonds. The molecule has 3 aromatic rings. The van der Waals surface area contributed by atoms with Gasteiger partial charge in [-0.3, -0.25) is 19.7 Å². The first-order chi connectivity index (χ1) is 14.4. The Labute approximate surface area is 169 Å². The van der Waals surface area contributed by atoms with Gasteiger partial charge in [0.2, 0.25) is 0 Å². The minimum atomic E-state index is -0.834. The van der Waals surface area contributed by atoms with Crippen LogP contribution in [0.25, 0.3) is 0 Å². The lowest BCUT2D eigenvalue weighted by Gasteiger charge is -2.10. The van der Waals surface area contributed by atoms with Crippen molar-refractivity contribution in [1.82, 2.24) is 0 Å². The highest BCUT2D eigenvalue weighted by molar-refractivity contribution is 6.07. The fourth-order valence-corrected chi connectivity index (χ4v) is 2.46. The van der Waals surface area contributed by atoms with E-state index in [-0.39, 0.29) is 28.4 Å². The van der Waals surface area contributed by atoms with Crippen molar-refractivity contribution >= 4 is 34.8 Å². The molecule has 0 spiro atoms. The van der Waals surface area contributed by atoms with Crippen molar-refractivity contribution in [2.24, 2.45) is 0 Å².